The molecule has 1 fully saturated rings. The van der Waals surface area contributed by atoms with Crippen molar-refractivity contribution in [2.24, 2.45) is 0 Å². The number of benzene rings is 1. The minimum absolute atomic E-state index is 0.101. The Labute approximate surface area is 176 Å². The second-order valence-electron chi connectivity index (χ2n) is 7.87. The van der Waals surface area contributed by atoms with Gasteiger partial charge in [0.2, 0.25) is 0 Å². The number of nitrogens with zero attached hydrogens (tertiary/aromatic N) is 3. The van der Waals surface area contributed by atoms with Gasteiger partial charge in [-0.3, -0.25) is 4.79 Å². The first-order chi connectivity index (χ1) is 14.5. The van der Waals surface area contributed by atoms with Crippen LogP contribution in [0.15, 0.2) is 30.3 Å². The summed E-state index contributed by atoms with van der Waals surface area (Å²) in [5.41, 5.74) is 3.60. The molecule has 156 valence electrons. The number of rotatable bonds is 3. The highest BCUT2D eigenvalue weighted by Crippen LogP contribution is 2.26. The molecule has 1 aromatic carbocycles. The molecule has 2 aliphatic heterocycles. The zero-order valence-corrected chi connectivity index (χ0v) is 17.4. The van der Waals surface area contributed by atoms with E-state index in [0.717, 1.165) is 30.2 Å². The predicted octanol–water partition coefficient (Wildman–Crippen LogP) is 2.93. The Balaban J connectivity index is 1.69. The molecule has 7 heteroatoms. The highest BCUT2D eigenvalue weighted by Gasteiger charge is 2.27. The van der Waals surface area contributed by atoms with Crippen LogP contribution in [-0.2, 0) is 22.3 Å². The number of nitriles is 1. The van der Waals surface area contributed by atoms with Gasteiger partial charge in [-0.1, -0.05) is 6.07 Å². The maximum atomic E-state index is 13.3. The molecule has 3 heterocycles. The summed E-state index contributed by atoms with van der Waals surface area (Å²) < 4.78 is 11.5. The highest BCUT2D eigenvalue weighted by atomic mass is 16.5. The maximum absolute atomic E-state index is 13.3. The Bertz CT molecular complexity index is 975. The lowest BCUT2D eigenvalue weighted by Gasteiger charge is -2.36. The quantitative estimate of drug-likeness (QED) is 0.843. The monoisotopic (exact) mass is 406 g/mol. The lowest BCUT2D eigenvalue weighted by Crippen LogP contribution is -2.46. The number of carbonyl (C=O) groups is 1. The number of nitrogens with one attached hydrogen (secondary N) is 1. The molecule has 7 nitrogen and oxygen atoms in total. The summed E-state index contributed by atoms with van der Waals surface area (Å²) in [5, 5.41) is 12.1. The van der Waals surface area contributed by atoms with Crippen molar-refractivity contribution in [1.82, 2.24) is 4.98 Å². The van der Waals surface area contributed by atoms with Crippen molar-refractivity contribution in [2.45, 2.75) is 38.9 Å². The third-order valence-corrected chi connectivity index (χ3v) is 5.41. The SMILES string of the molecule is CC1CN(c2cc(C(=O)Nc3cccc(C#N)c3)c3c(n2)CCOCC3)CC(C)O1. The molecule has 2 aliphatic rings. The highest BCUT2D eigenvalue weighted by molar-refractivity contribution is 6.06. The van der Waals surface area contributed by atoms with Crippen LogP contribution in [0.2, 0.25) is 0 Å². The van der Waals surface area contributed by atoms with Crippen LogP contribution in [0.1, 0.15) is 41.0 Å². The summed E-state index contributed by atoms with van der Waals surface area (Å²) in [6.07, 6.45) is 1.54. The van der Waals surface area contributed by atoms with Crippen molar-refractivity contribution in [1.29, 1.82) is 5.26 Å². The smallest absolute Gasteiger partial charge is 0.256 e. The van der Waals surface area contributed by atoms with Crippen molar-refractivity contribution < 1.29 is 14.3 Å². The lowest BCUT2D eigenvalue weighted by molar-refractivity contribution is -0.00547. The van der Waals surface area contributed by atoms with Crippen LogP contribution < -0.4 is 10.2 Å². The van der Waals surface area contributed by atoms with Crippen molar-refractivity contribution in [2.75, 3.05) is 36.5 Å². The summed E-state index contributed by atoms with van der Waals surface area (Å²) in [6, 6.07) is 10.9. The van der Waals surface area contributed by atoms with Crippen LogP contribution in [-0.4, -0.2) is 49.4 Å². The van der Waals surface area contributed by atoms with Gasteiger partial charge < -0.3 is 19.7 Å². The number of ether oxygens (including phenoxy) is 2. The molecule has 2 aromatic rings. The van der Waals surface area contributed by atoms with Crippen molar-refractivity contribution >= 4 is 17.4 Å². The van der Waals surface area contributed by atoms with Crippen LogP contribution in [0.3, 0.4) is 0 Å². The van der Waals surface area contributed by atoms with Crippen molar-refractivity contribution in [3.05, 3.63) is 52.7 Å². The fourth-order valence-corrected chi connectivity index (χ4v) is 4.14. The number of hydrogen-bond donors (Lipinski definition) is 1. The number of hydrogen-bond acceptors (Lipinski definition) is 6. The topological polar surface area (TPSA) is 87.5 Å². The van der Waals surface area contributed by atoms with E-state index >= 15 is 0 Å². The van der Waals surface area contributed by atoms with Crippen LogP contribution in [0.25, 0.3) is 0 Å². The summed E-state index contributed by atoms with van der Waals surface area (Å²) in [6.45, 7) is 6.75. The second kappa shape index (κ2) is 8.82. The number of morpholine rings is 1. The van der Waals surface area contributed by atoms with Gasteiger partial charge in [-0.15, -0.1) is 0 Å². The van der Waals surface area contributed by atoms with Crippen molar-refractivity contribution in [3.63, 3.8) is 0 Å². The van der Waals surface area contributed by atoms with Crippen LogP contribution in [0.5, 0.6) is 0 Å². The van der Waals surface area contributed by atoms with E-state index in [-0.39, 0.29) is 18.1 Å². The van der Waals surface area contributed by atoms with E-state index < -0.39 is 0 Å². The van der Waals surface area contributed by atoms with Gasteiger partial charge in [-0.2, -0.15) is 5.26 Å². The predicted molar refractivity (Wildman–Crippen MR) is 114 cm³/mol. The van der Waals surface area contributed by atoms with E-state index in [4.69, 9.17) is 19.7 Å². The van der Waals surface area contributed by atoms with E-state index in [1.165, 1.54) is 0 Å². The van der Waals surface area contributed by atoms with Crippen LogP contribution in [0.4, 0.5) is 11.5 Å². The molecule has 0 bridgehead atoms. The van der Waals surface area contributed by atoms with Gasteiger partial charge in [-0.05, 0) is 50.1 Å². The molecule has 2 atom stereocenters. The molecule has 2 unspecified atom stereocenters. The third kappa shape index (κ3) is 4.45. The molecule has 1 N–H and O–H groups in total. The van der Waals surface area contributed by atoms with Gasteiger partial charge in [0.25, 0.3) is 5.91 Å². The van der Waals surface area contributed by atoms with Crippen molar-refractivity contribution in [3.8, 4) is 6.07 Å². The fourth-order valence-electron chi connectivity index (χ4n) is 4.14. The fraction of sp³-hybridized carbons (Fsp3) is 0.435. The molecular formula is C23H26N4O3. The Hall–Kier alpha value is -2.95. The number of aromatic nitrogens is 1. The number of amides is 1. The minimum atomic E-state index is -0.193. The molecule has 4 rings (SSSR count). The van der Waals surface area contributed by atoms with Gasteiger partial charge in [0.1, 0.15) is 5.82 Å². The first-order valence-electron chi connectivity index (χ1n) is 10.4. The minimum Gasteiger partial charge on any atom is -0.381 e. The molecule has 0 saturated carbocycles. The maximum Gasteiger partial charge on any atom is 0.256 e. The zero-order chi connectivity index (χ0) is 21.1. The molecule has 0 radical (unpaired) electrons. The molecule has 0 aliphatic carbocycles. The molecule has 0 spiro atoms. The van der Waals surface area contributed by atoms with Crippen LogP contribution in [0, 0.1) is 11.3 Å². The molecule has 1 amide bonds. The third-order valence-electron chi connectivity index (χ3n) is 5.41. The Kier molecular flexibility index (Phi) is 5.98. The molecule has 1 aromatic heterocycles. The van der Waals surface area contributed by atoms with E-state index in [9.17, 15) is 4.79 Å². The van der Waals surface area contributed by atoms with Gasteiger partial charge in [0, 0.05) is 36.5 Å². The Morgan fingerprint density at radius 2 is 1.97 bits per heavy atom. The van der Waals surface area contributed by atoms with E-state index in [0.29, 0.717) is 42.9 Å². The van der Waals surface area contributed by atoms with Gasteiger partial charge in [-0.25, -0.2) is 4.98 Å². The Morgan fingerprint density at radius 3 is 2.73 bits per heavy atom. The average Bonchev–Trinajstić information content (AvgIpc) is 2.98. The number of fused-ring (bicyclic) bond motifs is 1. The first kappa shape index (κ1) is 20.3. The summed E-state index contributed by atoms with van der Waals surface area (Å²) in [4.78, 5) is 20.4. The standard InChI is InChI=1S/C23H26N4O3/c1-15-13-27(14-16(2)30-15)22-11-20(19-6-8-29-9-7-21(19)26-22)23(28)25-18-5-3-4-17(10-18)12-24/h3-5,10-11,15-16H,6-9,13-14H2,1-2H3,(H,25,28). The number of pyridine rings is 1. The summed E-state index contributed by atoms with van der Waals surface area (Å²) in [7, 11) is 0. The van der Waals surface area contributed by atoms with Gasteiger partial charge in [0.15, 0.2) is 0 Å². The molecule has 30 heavy (non-hydrogen) atoms. The zero-order valence-electron chi connectivity index (χ0n) is 17.4. The van der Waals surface area contributed by atoms with Crippen LogP contribution >= 0.6 is 0 Å². The van der Waals surface area contributed by atoms with Gasteiger partial charge in [0.05, 0.1) is 37.1 Å². The first-order valence-corrected chi connectivity index (χ1v) is 10.4. The number of anilines is 2. The lowest BCUT2D eigenvalue weighted by atomic mass is 10.0. The summed E-state index contributed by atoms with van der Waals surface area (Å²) in [5.74, 6) is 0.606. The largest absolute Gasteiger partial charge is 0.381 e. The van der Waals surface area contributed by atoms with Gasteiger partial charge >= 0.3 is 0 Å². The normalized spacial score (nSPS) is 21.3. The number of carbonyl (C=O) groups excluding carboxylic acids is 1. The van der Waals surface area contributed by atoms with E-state index in [1.54, 1.807) is 24.3 Å². The average molecular weight is 406 g/mol. The van der Waals surface area contributed by atoms with E-state index in [1.807, 2.05) is 6.07 Å². The second-order valence-corrected chi connectivity index (χ2v) is 7.87. The van der Waals surface area contributed by atoms with E-state index in [2.05, 4.69) is 30.1 Å². The Morgan fingerprint density at radius 1 is 1.20 bits per heavy atom. The summed E-state index contributed by atoms with van der Waals surface area (Å²) >= 11 is 0. The molecular weight excluding hydrogens is 380 g/mol. The molecule has 1 saturated heterocycles.